The maximum absolute atomic E-state index is 13.0. The standard InChI is InChI=1S/C13H15ClN4O2S/c1-17-13(11(14)9-16-17)21(19,20)18-7-6-15-8-10-4-2-3-5-12(10)18/h2-5,9,15H,6-8H2,1H3. The second-order valence-corrected chi connectivity index (χ2v) is 6.99. The highest BCUT2D eigenvalue weighted by Gasteiger charge is 2.32. The molecule has 6 nitrogen and oxygen atoms in total. The van der Waals surface area contributed by atoms with Crippen LogP contribution in [0, 0.1) is 0 Å². The number of halogens is 1. The molecule has 8 heteroatoms. The quantitative estimate of drug-likeness (QED) is 0.905. The van der Waals surface area contributed by atoms with Crippen LogP contribution < -0.4 is 9.62 Å². The summed E-state index contributed by atoms with van der Waals surface area (Å²) in [6, 6.07) is 7.45. The average Bonchev–Trinajstić information content (AvgIpc) is 2.68. The summed E-state index contributed by atoms with van der Waals surface area (Å²) in [5.74, 6) is 0. The molecule has 3 rings (SSSR count). The van der Waals surface area contributed by atoms with E-state index in [0.717, 1.165) is 5.56 Å². The highest BCUT2D eigenvalue weighted by molar-refractivity contribution is 7.92. The maximum Gasteiger partial charge on any atom is 0.283 e. The summed E-state index contributed by atoms with van der Waals surface area (Å²) in [6.45, 7) is 1.56. The Bertz CT molecular complexity index is 753. The van der Waals surface area contributed by atoms with Crippen molar-refractivity contribution in [1.82, 2.24) is 15.1 Å². The Hall–Kier alpha value is -1.57. The van der Waals surface area contributed by atoms with Crippen molar-refractivity contribution in [3.05, 3.63) is 41.0 Å². The van der Waals surface area contributed by atoms with Crippen molar-refractivity contribution in [2.75, 3.05) is 17.4 Å². The number of fused-ring (bicyclic) bond motifs is 1. The summed E-state index contributed by atoms with van der Waals surface area (Å²) >= 11 is 6.01. The smallest absolute Gasteiger partial charge is 0.283 e. The fraction of sp³-hybridized carbons (Fsp3) is 0.308. The zero-order valence-electron chi connectivity index (χ0n) is 11.5. The number of hydrogen-bond donors (Lipinski definition) is 1. The number of aryl methyl sites for hydroxylation is 1. The molecule has 0 saturated carbocycles. The molecule has 112 valence electrons. The molecule has 0 radical (unpaired) electrons. The van der Waals surface area contributed by atoms with E-state index in [9.17, 15) is 8.42 Å². The lowest BCUT2D eigenvalue weighted by Gasteiger charge is -2.24. The van der Waals surface area contributed by atoms with Crippen LogP contribution in [0.2, 0.25) is 5.02 Å². The first-order valence-corrected chi connectivity index (χ1v) is 8.32. The lowest BCUT2D eigenvalue weighted by Crippen LogP contribution is -2.36. The second-order valence-electron chi connectivity index (χ2n) is 4.80. The Morgan fingerprint density at radius 3 is 2.81 bits per heavy atom. The molecule has 2 heterocycles. The number of nitrogens with one attached hydrogen (secondary N) is 1. The van der Waals surface area contributed by atoms with Gasteiger partial charge in [0.1, 0.15) is 0 Å². The van der Waals surface area contributed by atoms with Crippen LogP contribution in [0.3, 0.4) is 0 Å². The molecule has 1 aromatic carbocycles. The summed E-state index contributed by atoms with van der Waals surface area (Å²) in [7, 11) is -2.18. The van der Waals surface area contributed by atoms with E-state index in [2.05, 4.69) is 10.4 Å². The molecule has 0 atom stereocenters. The van der Waals surface area contributed by atoms with Crippen molar-refractivity contribution in [1.29, 1.82) is 0 Å². The van der Waals surface area contributed by atoms with Crippen molar-refractivity contribution >= 4 is 27.3 Å². The minimum atomic E-state index is -3.75. The summed E-state index contributed by atoms with van der Waals surface area (Å²) in [5.41, 5.74) is 1.62. The summed E-state index contributed by atoms with van der Waals surface area (Å²) < 4.78 is 28.6. The average molecular weight is 327 g/mol. The van der Waals surface area contributed by atoms with Crippen LogP contribution in [-0.2, 0) is 23.6 Å². The van der Waals surface area contributed by atoms with E-state index in [0.29, 0.717) is 25.3 Å². The zero-order valence-corrected chi connectivity index (χ0v) is 13.0. The van der Waals surface area contributed by atoms with E-state index in [-0.39, 0.29) is 10.0 Å². The first kappa shape index (κ1) is 14.4. The predicted octanol–water partition coefficient (Wildman–Crippen LogP) is 1.37. The van der Waals surface area contributed by atoms with Gasteiger partial charge in [-0.1, -0.05) is 29.8 Å². The van der Waals surface area contributed by atoms with Crippen molar-refractivity contribution in [3.63, 3.8) is 0 Å². The van der Waals surface area contributed by atoms with Crippen LogP contribution in [0.15, 0.2) is 35.5 Å². The van der Waals surface area contributed by atoms with Crippen molar-refractivity contribution < 1.29 is 8.42 Å². The van der Waals surface area contributed by atoms with Gasteiger partial charge in [0.25, 0.3) is 10.0 Å². The number of benzene rings is 1. The van der Waals surface area contributed by atoms with Crippen LogP contribution in [0.5, 0.6) is 0 Å². The third-order valence-corrected chi connectivity index (χ3v) is 5.77. The van der Waals surface area contributed by atoms with Crippen molar-refractivity contribution in [3.8, 4) is 0 Å². The number of sulfonamides is 1. The number of anilines is 1. The fourth-order valence-corrected chi connectivity index (χ4v) is 4.59. The molecule has 1 aromatic heterocycles. The second kappa shape index (κ2) is 5.32. The van der Waals surface area contributed by atoms with Crippen LogP contribution in [0.4, 0.5) is 5.69 Å². The molecule has 0 saturated heterocycles. The van der Waals surface area contributed by atoms with Crippen LogP contribution in [0.25, 0.3) is 0 Å². The van der Waals surface area contributed by atoms with Gasteiger partial charge in [-0.2, -0.15) is 13.5 Å². The van der Waals surface area contributed by atoms with E-state index >= 15 is 0 Å². The van der Waals surface area contributed by atoms with Crippen LogP contribution in [-0.4, -0.2) is 31.3 Å². The van der Waals surface area contributed by atoms with E-state index in [1.165, 1.54) is 15.2 Å². The molecule has 1 N–H and O–H groups in total. The molecule has 0 unspecified atom stereocenters. The Morgan fingerprint density at radius 1 is 1.33 bits per heavy atom. The van der Waals surface area contributed by atoms with E-state index in [1.807, 2.05) is 24.3 Å². The van der Waals surface area contributed by atoms with E-state index < -0.39 is 10.0 Å². The van der Waals surface area contributed by atoms with Gasteiger partial charge in [-0.15, -0.1) is 0 Å². The molecule has 2 aromatic rings. The number of hydrogen-bond acceptors (Lipinski definition) is 4. The molecule has 1 aliphatic rings. The minimum absolute atomic E-state index is 0.0147. The topological polar surface area (TPSA) is 67.2 Å². The van der Waals surface area contributed by atoms with Gasteiger partial charge in [0.15, 0.2) is 5.03 Å². The number of nitrogens with zero attached hydrogens (tertiary/aromatic N) is 3. The summed E-state index contributed by atoms with van der Waals surface area (Å²) in [5, 5.41) is 7.28. The van der Waals surface area contributed by atoms with Crippen LogP contribution in [0.1, 0.15) is 5.56 Å². The summed E-state index contributed by atoms with van der Waals surface area (Å²) in [6.07, 6.45) is 1.34. The van der Waals surface area contributed by atoms with Gasteiger partial charge in [-0.3, -0.25) is 8.99 Å². The third kappa shape index (κ3) is 2.41. The van der Waals surface area contributed by atoms with Gasteiger partial charge in [-0.05, 0) is 11.6 Å². The van der Waals surface area contributed by atoms with Gasteiger partial charge < -0.3 is 5.32 Å². The van der Waals surface area contributed by atoms with Gasteiger partial charge in [-0.25, -0.2) is 0 Å². The predicted molar refractivity (Wildman–Crippen MR) is 80.9 cm³/mol. The van der Waals surface area contributed by atoms with Gasteiger partial charge in [0, 0.05) is 26.7 Å². The Labute approximate surface area is 128 Å². The van der Waals surface area contributed by atoms with E-state index in [1.54, 1.807) is 7.05 Å². The van der Waals surface area contributed by atoms with Crippen molar-refractivity contribution in [2.24, 2.45) is 7.05 Å². The Kier molecular flexibility index (Phi) is 3.64. The Morgan fingerprint density at radius 2 is 2.10 bits per heavy atom. The molecule has 0 spiro atoms. The zero-order chi connectivity index (χ0) is 15.0. The monoisotopic (exact) mass is 326 g/mol. The molecule has 21 heavy (non-hydrogen) atoms. The molecule has 1 aliphatic heterocycles. The van der Waals surface area contributed by atoms with Crippen LogP contribution >= 0.6 is 11.6 Å². The van der Waals surface area contributed by atoms with Gasteiger partial charge in [0.05, 0.1) is 16.9 Å². The highest BCUT2D eigenvalue weighted by atomic mass is 35.5. The minimum Gasteiger partial charge on any atom is -0.311 e. The molecule has 0 bridgehead atoms. The fourth-order valence-electron chi connectivity index (χ4n) is 2.47. The van der Waals surface area contributed by atoms with Gasteiger partial charge in [0.2, 0.25) is 0 Å². The summed E-state index contributed by atoms with van der Waals surface area (Å²) in [4.78, 5) is 0. The molecule has 0 amide bonds. The Balaban J connectivity index is 2.16. The number of para-hydroxylation sites is 1. The first-order chi connectivity index (χ1) is 10.0. The lowest BCUT2D eigenvalue weighted by molar-refractivity contribution is 0.571. The number of rotatable bonds is 2. The third-order valence-electron chi connectivity index (χ3n) is 3.44. The van der Waals surface area contributed by atoms with E-state index in [4.69, 9.17) is 11.6 Å². The first-order valence-electron chi connectivity index (χ1n) is 6.50. The highest BCUT2D eigenvalue weighted by Crippen LogP contribution is 2.30. The molecular weight excluding hydrogens is 312 g/mol. The SMILES string of the molecule is Cn1ncc(Cl)c1S(=O)(=O)N1CCNCc2ccccc21. The largest absolute Gasteiger partial charge is 0.311 e. The number of aromatic nitrogens is 2. The van der Waals surface area contributed by atoms with Gasteiger partial charge >= 0.3 is 0 Å². The lowest BCUT2D eigenvalue weighted by atomic mass is 10.2. The molecule has 0 aliphatic carbocycles. The van der Waals surface area contributed by atoms with Crippen molar-refractivity contribution in [2.45, 2.75) is 11.6 Å². The maximum atomic E-state index is 13.0. The normalized spacial score (nSPS) is 15.6. The molecular formula is C13H15ClN4O2S. The molecule has 0 fully saturated rings.